The summed E-state index contributed by atoms with van der Waals surface area (Å²) in [7, 11) is 0. The quantitative estimate of drug-likeness (QED) is 0.0592. The molecule has 0 aliphatic carbocycles. The smallest absolute Gasteiger partial charge is 0.416 e. The van der Waals surface area contributed by atoms with E-state index in [-0.39, 0.29) is 5.78 Å². The fourth-order valence-electron chi connectivity index (χ4n) is 7.82. The van der Waals surface area contributed by atoms with Crippen LogP contribution in [0.15, 0.2) is 128 Å². The molecule has 76 heavy (non-hydrogen) atoms. The van der Waals surface area contributed by atoms with Crippen molar-refractivity contribution in [1.29, 1.82) is 0 Å². The van der Waals surface area contributed by atoms with Gasteiger partial charge in [0.25, 0.3) is 0 Å². The van der Waals surface area contributed by atoms with Crippen LogP contribution in [0, 0.1) is 0 Å². The van der Waals surface area contributed by atoms with Crippen molar-refractivity contribution in [2.45, 2.75) is 69.3 Å². The van der Waals surface area contributed by atoms with Gasteiger partial charge in [-0.1, -0.05) is 61.5 Å². The lowest BCUT2D eigenvalue weighted by atomic mass is 9.12. The molecular weight excluding hydrogens is 1090 g/mol. The van der Waals surface area contributed by atoms with Gasteiger partial charge in [0.1, 0.15) is 11.9 Å². The molecule has 0 unspecified atom stereocenters. The first-order chi connectivity index (χ1) is 34.6. The maximum Gasteiger partial charge on any atom is 0.416 e. The van der Waals surface area contributed by atoms with Crippen molar-refractivity contribution in [2.24, 2.45) is 0 Å². The van der Waals surface area contributed by atoms with Gasteiger partial charge >= 0.3 is 49.4 Å². The van der Waals surface area contributed by atoms with Gasteiger partial charge in [0.05, 0.1) is 51.1 Å². The van der Waals surface area contributed by atoms with Crippen molar-refractivity contribution < 1.29 is 119 Å². The Morgan fingerprint density at radius 1 is 0.395 bits per heavy atom. The molecule has 0 bridgehead atoms. The van der Waals surface area contributed by atoms with Crippen molar-refractivity contribution >= 4 is 33.8 Å². The predicted molar refractivity (Wildman–Crippen MR) is 223 cm³/mol. The summed E-state index contributed by atoms with van der Waals surface area (Å²) in [6.07, 6.45) is -50.1. The van der Waals surface area contributed by atoms with Crippen LogP contribution in [0.1, 0.15) is 68.2 Å². The summed E-state index contributed by atoms with van der Waals surface area (Å²) in [5, 5.41) is 0. The summed E-state index contributed by atoms with van der Waals surface area (Å²) in [4.78, 5) is 12.1. The summed E-state index contributed by atoms with van der Waals surface area (Å²) in [6.45, 7) is 3.12. The van der Waals surface area contributed by atoms with Gasteiger partial charge in [-0.25, -0.2) is 0 Å². The number of Topliss-reactive ketones (excluding diaryl/α,β-unsaturated/α-hetero) is 1. The molecule has 6 aromatic rings. The number of pyridine rings is 1. The van der Waals surface area contributed by atoms with Crippen molar-refractivity contribution in [3.8, 4) is 5.75 Å². The highest BCUT2D eigenvalue weighted by Crippen LogP contribution is 2.41. The Bertz CT molecular complexity index is 2560. The molecule has 5 aromatic carbocycles. The lowest BCUT2D eigenvalue weighted by Crippen LogP contribution is -2.75. The summed E-state index contributed by atoms with van der Waals surface area (Å²) >= 11 is 0. The minimum Gasteiger partial charge on any atom is -0.494 e. The third-order valence-electron chi connectivity index (χ3n) is 11.2. The van der Waals surface area contributed by atoms with Crippen LogP contribution in [-0.4, -0.2) is 18.5 Å². The third kappa shape index (κ3) is 14.3. The van der Waals surface area contributed by atoms with Gasteiger partial charge < -0.3 is 4.74 Å². The highest BCUT2D eigenvalue weighted by Gasteiger charge is 2.47. The van der Waals surface area contributed by atoms with Gasteiger partial charge in [-0.15, -0.1) is 0 Å². The number of aromatic nitrogens is 1. The van der Waals surface area contributed by atoms with Crippen molar-refractivity contribution in [1.82, 2.24) is 0 Å². The summed E-state index contributed by atoms with van der Waals surface area (Å²) < 4.78 is 348. The Morgan fingerprint density at radius 2 is 0.645 bits per heavy atom. The first-order valence-corrected chi connectivity index (χ1v) is 21.1. The molecule has 0 N–H and O–H groups in total. The molecule has 0 aliphatic rings. The number of hydrogen-bond acceptors (Lipinski definition) is 2. The molecule has 0 fully saturated rings. The lowest BCUT2D eigenvalue weighted by Gasteiger charge is -2.46. The van der Waals surface area contributed by atoms with Gasteiger partial charge in [0.2, 0.25) is 12.3 Å². The second kappa shape index (κ2) is 21.3. The maximum absolute atomic E-state index is 14.2. The third-order valence-corrected chi connectivity index (χ3v) is 11.2. The molecular formula is C48H30BF24NO2. The topological polar surface area (TPSA) is 30.2 Å². The minimum absolute atomic E-state index is 0.0956. The monoisotopic (exact) mass is 1120 g/mol. The zero-order valence-electron chi connectivity index (χ0n) is 37.7. The average Bonchev–Trinajstić information content (AvgIpc) is 3.29. The van der Waals surface area contributed by atoms with Gasteiger partial charge in [-0.3, -0.25) is 4.79 Å². The van der Waals surface area contributed by atoms with E-state index in [9.17, 15) is 110 Å². The van der Waals surface area contributed by atoms with Crippen molar-refractivity contribution in [3.05, 3.63) is 178 Å². The largest absolute Gasteiger partial charge is 0.494 e. The van der Waals surface area contributed by atoms with Crippen LogP contribution in [0.4, 0.5) is 105 Å². The van der Waals surface area contributed by atoms with E-state index in [1.165, 1.54) is 0 Å². The zero-order chi connectivity index (χ0) is 57.4. The highest BCUT2D eigenvalue weighted by atomic mass is 19.4. The van der Waals surface area contributed by atoms with Gasteiger partial charge in [-0.2, -0.15) is 132 Å². The molecule has 0 spiro atoms. The second-order valence-corrected chi connectivity index (χ2v) is 16.6. The van der Waals surface area contributed by atoms with Crippen LogP contribution >= 0.6 is 0 Å². The summed E-state index contributed by atoms with van der Waals surface area (Å²) in [6, 6.07) is 4.27. The molecule has 0 atom stereocenters. The average molecular weight is 1120 g/mol. The van der Waals surface area contributed by atoms with E-state index in [2.05, 4.69) is 6.92 Å². The minimum atomic E-state index is -6.13. The van der Waals surface area contributed by atoms with Gasteiger partial charge in [0.15, 0.2) is 12.4 Å². The molecule has 0 radical (unpaired) electrons. The molecule has 1 aromatic heterocycles. The lowest BCUT2D eigenvalue weighted by molar-refractivity contribution is -0.683. The number of nitrogens with zero attached hydrogens (tertiary/aromatic N) is 1. The number of benzene rings is 5. The molecule has 0 aliphatic heterocycles. The van der Waals surface area contributed by atoms with E-state index in [0.29, 0.717) is 18.7 Å². The zero-order valence-corrected chi connectivity index (χ0v) is 37.7. The predicted octanol–water partition coefficient (Wildman–Crippen LogP) is 13.9. The Morgan fingerprint density at radius 3 is 0.868 bits per heavy atom. The molecule has 0 saturated carbocycles. The maximum atomic E-state index is 14.2. The number of ether oxygens (including phenoxy) is 1. The Balaban J connectivity index is 0.000000468. The summed E-state index contributed by atoms with van der Waals surface area (Å²) in [5.41, 5.74) is -29.5. The highest BCUT2D eigenvalue weighted by molar-refractivity contribution is 7.20. The Hall–Kier alpha value is -6.90. The van der Waals surface area contributed by atoms with E-state index < -0.39 is 195 Å². The number of ketones is 1. The van der Waals surface area contributed by atoms with Crippen LogP contribution in [0.25, 0.3) is 0 Å². The Kier molecular flexibility index (Phi) is 16.8. The normalized spacial score (nSPS) is 13.3. The van der Waals surface area contributed by atoms with E-state index >= 15 is 0 Å². The Labute approximate surface area is 412 Å². The number of hydrogen-bond donors (Lipinski definition) is 0. The fourth-order valence-corrected chi connectivity index (χ4v) is 7.82. The number of rotatable bonds is 10. The van der Waals surface area contributed by atoms with Gasteiger partial charge in [-0.05, 0) is 55.0 Å². The van der Waals surface area contributed by atoms with Crippen LogP contribution < -0.4 is 31.2 Å². The number of halogens is 24. The van der Waals surface area contributed by atoms with Gasteiger partial charge in [0, 0.05) is 17.7 Å². The molecule has 1 heterocycles. The number of alkyl halides is 24. The first-order valence-electron chi connectivity index (χ1n) is 21.1. The van der Waals surface area contributed by atoms with Crippen LogP contribution in [0.3, 0.4) is 0 Å². The van der Waals surface area contributed by atoms with Crippen molar-refractivity contribution in [3.63, 3.8) is 0 Å². The van der Waals surface area contributed by atoms with E-state index in [1.54, 1.807) is 0 Å². The van der Waals surface area contributed by atoms with E-state index in [1.807, 2.05) is 59.4 Å². The molecule has 410 valence electrons. The van der Waals surface area contributed by atoms with E-state index in [0.717, 1.165) is 12.2 Å². The molecule has 0 saturated heterocycles. The molecule has 0 amide bonds. The van der Waals surface area contributed by atoms with Crippen LogP contribution in [-0.2, 0) is 56.0 Å². The summed E-state index contributed by atoms with van der Waals surface area (Å²) in [5.74, 6) is 0.906. The SMILES string of the molecule is CCCOc1ccc(C(=O)C[n+]2ccccc2)cc1.FC(F)(F)c1cc([B-](c2cc(C(F)(F)F)cc(C(F)(F)F)c2)(c2cc(C(F)(F)F)cc(C(F)(F)F)c2)c2cc(C(F)(F)F)cc(C(F)(F)F)c2)cc(C(F)(F)F)c1. The molecule has 3 nitrogen and oxygen atoms in total. The molecule has 28 heteroatoms. The standard InChI is InChI=1S/C32H12BF24.C16H18NO2/c34-25(35,36)13-1-14(26(37,38)39)6-21(5-13)33(22-7-15(27(40,41)42)2-16(8-22)28(43,44)45,23-9-17(29(46,47)48)3-18(10-23)30(49,50)51)24-11-19(31(52,53)54)4-20(12-24)32(55,56)57;1-2-12-19-15-8-6-14(7-9-15)16(18)13-17-10-4-3-5-11-17/h1-12H;3-11H,2,12-13H2,1H3/q-1;+1. The van der Waals surface area contributed by atoms with Crippen LogP contribution in [0.2, 0.25) is 0 Å². The number of carbonyl (C=O) groups excluding carboxylic acids is 1. The molecule has 6 rings (SSSR count). The van der Waals surface area contributed by atoms with E-state index in [4.69, 9.17) is 4.74 Å². The van der Waals surface area contributed by atoms with Crippen LogP contribution in [0.5, 0.6) is 5.75 Å². The fraction of sp³-hybridized carbons (Fsp3) is 0.250. The second-order valence-electron chi connectivity index (χ2n) is 16.6. The number of carbonyl (C=O) groups is 1. The van der Waals surface area contributed by atoms with Crippen molar-refractivity contribution in [2.75, 3.05) is 6.61 Å². The first kappa shape index (κ1) is 60.0.